The molecule has 0 bridgehead atoms. The molecule has 1 aliphatic rings. The Hall–Kier alpha value is -3.04. The van der Waals surface area contributed by atoms with Crippen molar-refractivity contribution in [3.05, 3.63) is 70.8 Å². The highest BCUT2D eigenvalue weighted by Gasteiger charge is 2.33. The van der Waals surface area contributed by atoms with Gasteiger partial charge in [-0.1, -0.05) is 55.9 Å². The lowest BCUT2D eigenvalue weighted by Crippen LogP contribution is -2.26. The number of anilines is 2. The summed E-state index contributed by atoms with van der Waals surface area (Å²) in [5.74, 6) is -0.0750. The smallest absolute Gasteiger partial charge is 0.269 e. The van der Waals surface area contributed by atoms with E-state index in [0.717, 1.165) is 0 Å². The molecule has 2 amide bonds. The van der Waals surface area contributed by atoms with E-state index in [2.05, 4.69) is 19.2 Å². The number of nitrogens with one attached hydrogen (secondary N) is 1. The molecular weight excluding hydrogens is 358 g/mol. The molecule has 2 aromatic rings. The predicted molar refractivity (Wildman–Crippen MR) is 108 cm³/mol. The van der Waals surface area contributed by atoms with E-state index in [0.29, 0.717) is 22.3 Å². The number of nitriles is 1. The zero-order valence-corrected chi connectivity index (χ0v) is 15.9. The lowest BCUT2D eigenvalue weighted by atomic mass is 10.0. The van der Waals surface area contributed by atoms with Gasteiger partial charge in [0.05, 0.1) is 5.75 Å². The van der Waals surface area contributed by atoms with Crippen LogP contribution in [-0.4, -0.2) is 17.6 Å². The van der Waals surface area contributed by atoms with Crippen molar-refractivity contribution in [2.24, 2.45) is 0 Å². The number of hydrogen-bond donors (Lipinski definition) is 1. The van der Waals surface area contributed by atoms with Gasteiger partial charge in [-0.2, -0.15) is 5.26 Å². The number of carbonyl (C=O) groups is 2. The third-order valence-electron chi connectivity index (χ3n) is 4.19. The second-order valence-electron chi connectivity index (χ2n) is 6.38. The van der Waals surface area contributed by atoms with Crippen molar-refractivity contribution >= 4 is 35.0 Å². The Bertz CT molecular complexity index is 928. The molecule has 1 saturated heterocycles. The van der Waals surface area contributed by atoms with Crippen molar-refractivity contribution in [2.45, 2.75) is 19.8 Å². The van der Waals surface area contributed by atoms with E-state index >= 15 is 0 Å². The van der Waals surface area contributed by atoms with Gasteiger partial charge >= 0.3 is 0 Å². The van der Waals surface area contributed by atoms with E-state index in [4.69, 9.17) is 0 Å². The van der Waals surface area contributed by atoms with Crippen molar-refractivity contribution in [3.63, 3.8) is 0 Å². The van der Waals surface area contributed by atoms with Gasteiger partial charge in [0.1, 0.15) is 16.7 Å². The van der Waals surface area contributed by atoms with Gasteiger partial charge in [-0.05, 0) is 35.7 Å². The lowest BCUT2D eigenvalue weighted by molar-refractivity contribution is -0.115. The average Bonchev–Trinajstić information content (AvgIpc) is 3.04. The van der Waals surface area contributed by atoms with Crippen LogP contribution in [0.5, 0.6) is 0 Å². The summed E-state index contributed by atoms with van der Waals surface area (Å²) in [6.45, 7) is 4.19. The molecule has 0 unspecified atom stereocenters. The first-order valence-electron chi connectivity index (χ1n) is 8.57. The summed E-state index contributed by atoms with van der Waals surface area (Å²) in [4.78, 5) is 26.4. The molecule has 0 spiro atoms. The highest BCUT2D eigenvalue weighted by Crippen LogP contribution is 2.36. The predicted octanol–water partition coefficient (Wildman–Crippen LogP) is 4.26. The highest BCUT2D eigenvalue weighted by molar-refractivity contribution is 8.04. The van der Waals surface area contributed by atoms with Gasteiger partial charge in [0.2, 0.25) is 5.91 Å². The maximum absolute atomic E-state index is 12.7. The number of benzene rings is 2. The van der Waals surface area contributed by atoms with Crippen LogP contribution in [0.4, 0.5) is 11.4 Å². The Balaban J connectivity index is 1.89. The first-order valence-corrected chi connectivity index (χ1v) is 9.56. The molecule has 0 aromatic heterocycles. The molecule has 1 fully saturated rings. The lowest BCUT2D eigenvalue weighted by Gasteiger charge is -2.18. The molecule has 136 valence electrons. The van der Waals surface area contributed by atoms with Crippen LogP contribution in [0.2, 0.25) is 0 Å². The largest absolute Gasteiger partial charge is 0.321 e. The van der Waals surface area contributed by atoms with Crippen molar-refractivity contribution in [1.29, 1.82) is 5.26 Å². The molecule has 1 aliphatic heterocycles. The quantitative estimate of drug-likeness (QED) is 0.638. The molecule has 2 aromatic carbocycles. The minimum atomic E-state index is -0.520. The van der Waals surface area contributed by atoms with E-state index < -0.39 is 5.91 Å². The van der Waals surface area contributed by atoms with Gasteiger partial charge < -0.3 is 5.32 Å². The summed E-state index contributed by atoms with van der Waals surface area (Å²) in [6.07, 6.45) is 0. The number of rotatable bonds is 4. The summed E-state index contributed by atoms with van der Waals surface area (Å²) in [5.41, 5.74) is 2.35. The molecule has 0 radical (unpaired) electrons. The highest BCUT2D eigenvalue weighted by atomic mass is 32.2. The fourth-order valence-corrected chi connectivity index (χ4v) is 3.74. The molecular formula is C21H19N3O2S. The first-order chi connectivity index (χ1) is 13.0. The van der Waals surface area contributed by atoms with Crippen LogP contribution in [0.15, 0.2) is 65.2 Å². The van der Waals surface area contributed by atoms with Gasteiger partial charge in [-0.25, -0.2) is 0 Å². The van der Waals surface area contributed by atoms with Crippen LogP contribution in [0.1, 0.15) is 25.3 Å². The summed E-state index contributed by atoms with van der Waals surface area (Å²) >= 11 is 1.20. The Kier molecular flexibility index (Phi) is 5.63. The zero-order valence-electron chi connectivity index (χ0n) is 15.1. The summed E-state index contributed by atoms with van der Waals surface area (Å²) < 4.78 is 0. The number of hydrogen-bond acceptors (Lipinski definition) is 4. The Morgan fingerprint density at radius 1 is 1.15 bits per heavy atom. The fourth-order valence-electron chi connectivity index (χ4n) is 2.74. The maximum atomic E-state index is 12.7. The minimum Gasteiger partial charge on any atom is -0.321 e. The van der Waals surface area contributed by atoms with Crippen LogP contribution in [0.25, 0.3) is 0 Å². The second kappa shape index (κ2) is 8.11. The van der Waals surface area contributed by atoms with Gasteiger partial charge in [0, 0.05) is 11.4 Å². The molecule has 27 heavy (non-hydrogen) atoms. The van der Waals surface area contributed by atoms with E-state index in [-0.39, 0.29) is 17.2 Å². The third kappa shape index (κ3) is 4.04. The molecule has 6 heteroatoms. The van der Waals surface area contributed by atoms with Crippen LogP contribution in [0, 0.1) is 11.3 Å². The normalized spacial score (nSPS) is 15.6. The summed E-state index contributed by atoms with van der Waals surface area (Å²) in [6, 6.07) is 18.5. The van der Waals surface area contributed by atoms with E-state index in [1.165, 1.54) is 22.2 Å². The number of para-hydroxylation sites is 1. The van der Waals surface area contributed by atoms with Gasteiger partial charge in [0.15, 0.2) is 0 Å². The van der Waals surface area contributed by atoms with E-state index in [9.17, 15) is 14.9 Å². The number of nitrogens with zero attached hydrogens (tertiary/aromatic N) is 2. The van der Waals surface area contributed by atoms with Crippen LogP contribution in [-0.2, 0) is 9.59 Å². The van der Waals surface area contributed by atoms with Crippen molar-refractivity contribution in [2.75, 3.05) is 16.0 Å². The molecule has 3 rings (SSSR count). The van der Waals surface area contributed by atoms with Crippen LogP contribution < -0.4 is 10.2 Å². The molecule has 5 nitrogen and oxygen atoms in total. The SMILES string of the molecule is CC(C)c1ccc(NC(=O)/C(C#N)=C2/SCC(=O)N2c2ccccc2)cc1. The number of amides is 2. The standard InChI is InChI=1S/C21H19N3O2S/c1-14(2)15-8-10-16(11-9-15)23-20(26)18(12-22)21-24(19(25)13-27-21)17-6-4-3-5-7-17/h3-11,14H,13H2,1-2H3,(H,23,26)/b21-18+. The summed E-state index contributed by atoms with van der Waals surface area (Å²) in [7, 11) is 0. The zero-order chi connectivity index (χ0) is 19.4. The van der Waals surface area contributed by atoms with Crippen molar-refractivity contribution in [3.8, 4) is 6.07 Å². The maximum Gasteiger partial charge on any atom is 0.269 e. The van der Waals surface area contributed by atoms with Crippen molar-refractivity contribution in [1.82, 2.24) is 0 Å². The Labute approximate surface area is 162 Å². The second-order valence-corrected chi connectivity index (χ2v) is 7.34. The van der Waals surface area contributed by atoms with Gasteiger partial charge in [-0.15, -0.1) is 0 Å². The van der Waals surface area contributed by atoms with Gasteiger partial charge in [-0.3, -0.25) is 14.5 Å². The molecule has 1 heterocycles. The monoisotopic (exact) mass is 377 g/mol. The van der Waals surface area contributed by atoms with Crippen LogP contribution >= 0.6 is 11.8 Å². The average molecular weight is 377 g/mol. The van der Waals surface area contributed by atoms with Crippen LogP contribution in [0.3, 0.4) is 0 Å². The van der Waals surface area contributed by atoms with Crippen molar-refractivity contribution < 1.29 is 9.59 Å². The minimum absolute atomic E-state index is 0.0670. The molecule has 0 aliphatic carbocycles. The molecule has 1 N–H and O–H groups in total. The fraction of sp³-hybridized carbons (Fsp3) is 0.190. The van der Waals surface area contributed by atoms with E-state index in [1.807, 2.05) is 48.5 Å². The van der Waals surface area contributed by atoms with Gasteiger partial charge in [0.25, 0.3) is 5.91 Å². The third-order valence-corrected chi connectivity index (χ3v) is 5.24. The first kappa shape index (κ1) is 18.7. The number of carbonyl (C=O) groups excluding carboxylic acids is 2. The molecule has 0 atom stereocenters. The van der Waals surface area contributed by atoms with E-state index in [1.54, 1.807) is 12.1 Å². The summed E-state index contributed by atoms with van der Waals surface area (Å²) in [5, 5.41) is 12.7. The molecule has 0 saturated carbocycles. The topological polar surface area (TPSA) is 73.2 Å². The Morgan fingerprint density at radius 3 is 2.41 bits per heavy atom. The number of thioether (sulfide) groups is 1. The Morgan fingerprint density at radius 2 is 1.81 bits per heavy atom.